The minimum atomic E-state index is 0.334. The third-order valence-corrected chi connectivity index (χ3v) is 5.47. The van der Waals surface area contributed by atoms with Crippen molar-refractivity contribution in [2.45, 2.75) is 39.7 Å². The lowest BCUT2D eigenvalue weighted by molar-refractivity contribution is 0.535. The summed E-state index contributed by atoms with van der Waals surface area (Å²) in [6, 6.07) is 8.50. The van der Waals surface area contributed by atoms with E-state index in [0.717, 1.165) is 19.4 Å². The monoisotopic (exact) mass is 341 g/mol. The molecule has 1 aromatic heterocycles. The zero-order valence-corrected chi connectivity index (χ0v) is 15.0. The summed E-state index contributed by atoms with van der Waals surface area (Å²) in [5.74, 6) is 0. The Kier molecular flexibility index (Phi) is 6.12. The molecule has 1 unspecified atom stereocenters. The minimum Gasteiger partial charge on any atom is -0.309 e. The molecule has 0 aliphatic carbocycles. The molecule has 1 atom stereocenters. The number of rotatable bonds is 6. The van der Waals surface area contributed by atoms with Crippen molar-refractivity contribution in [1.29, 1.82) is 0 Å². The van der Waals surface area contributed by atoms with Gasteiger partial charge in [-0.2, -0.15) is 0 Å². The maximum Gasteiger partial charge on any atom is 0.0595 e. The van der Waals surface area contributed by atoms with Crippen LogP contribution in [-0.4, -0.2) is 6.54 Å². The van der Waals surface area contributed by atoms with Crippen molar-refractivity contribution >= 4 is 34.5 Å². The van der Waals surface area contributed by atoms with Gasteiger partial charge >= 0.3 is 0 Å². The number of benzene rings is 1. The average Bonchev–Trinajstić information content (AvgIpc) is 2.77. The second kappa shape index (κ2) is 7.64. The van der Waals surface area contributed by atoms with Crippen LogP contribution in [0.4, 0.5) is 0 Å². The maximum absolute atomic E-state index is 6.13. The molecule has 0 saturated heterocycles. The van der Waals surface area contributed by atoms with Gasteiger partial charge in [-0.05, 0) is 62.6 Å². The summed E-state index contributed by atoms with van der Waals surface area (Å²) < 4.78 is 0. The molecule has 0 aliphatic rings. The zero-order chi connectivity index (χ0) is 15.4. The van der Waals surface area contributed by atoms with Gasteiger partial charge in [0.2, 0.25) is 0 Å². The van der Waals surface area contributed by atoms with Crippen LogP contribution >= 0.6 is 34.5 Å². The van der Waals surface area contributed by atoms with Gasteiger partial charge in [0.15, 0.2) is 0 Å². The highest BCUT2D eigenvalue weighted by atomic mass is 35.5. The molecule has 0 spiro atoms. The standard InChI is InChI=1S/C17H21Cl2NS/c1-4-7-20-16(17-11(2)8-12(3)21-17)10-13-5-6-14(18)15(19)9-13/h5-6,8-9,16,20H,4,7,10H2,1-3H3. The number of hydrogen-bond donors (Lipinski definition) is 1. The van der Waals surface area contributed by atoms with Crippen molar-refractivity contribution in [3.8, 4) is 0 Å². The van der Waals surface area contributed by atoms with Gasteiger partial charge in [-0.25, -0.2) is 0 Å². The summed E-state index contributed by atoms with van der Waals surface area (Å²) in [6.07, 6.45) is 2.05. The first-order chi connectivity index (χ1) is 10.0. The summed E-state index contributed by atoms with van der Waals surface area (Å²) >= 11 is 14.0. The van der Waals surface area contributed by atoms with Crippen molar-refractivity contribution in [2.75, 3.05) is 6.54 Å². The first kappa shape index (κ1) is 16.8. The Hall–Kier alpha value is -0.540. The highest BCUT2D eigenvalue weighted by molar-refractivity contribution is 7.12. The van der Waals surface area contributed by atoms with Gasteiger partial charge in [-0.3, -0.25) is 0 Å². The van der Waals surface area contributed by atoms with Gasteiger partial charge in [-0.1, -0.05) is 36.2 Å². The summed E-state index contributed by atoms with van der Waals surface area (Å²) in [5, 5.41) is 4.90. The maximum atomic E-state index is 6.13. The van der Waals surface area contributed by atoms with Crippen molar-refractivity contribution in [3.63, 3.8) is 0 Å². The van der Waals surface area contributed by atoms with Crippen LogP contribution in [0.15, 0.2) is 24.3 Å². The molecule has 4 heteroatoms. The van der Waals surface area contributed by atoms with Crippen LogP contribution in [0.5, 0.6) is 0 Å². The Bertz CT molecular complexity index is 607. The predicted molar refractivity (Wildman–Crippen MR) is 95.0 cm³/mol. The molecular formula is C17H21Cl2NS. The van der Waals surface area contributed by atoms with Crippen LogP contribution in [0.25, 0.3) is 0 Å². The average molecular weight is 342 g/mol. The Morgan fingerprint density at radius 2 is 1.90 bits per heavy atom. The summed E-state index contributed by atoms with van der Waals surface area (Å²) in [7, 11) is 0. The van der Waals surface area contributed by atoms with Crippen LogP contribution in [0.3, 0.4) is 0 Å². The summed E-state index contributed by atoms with van der Waals surface area (Å²) in [5.41, 5.74) is 2.58. The Morgan fingerprint density at radius 1 is 1.14 bits per heavy atom. The first-order valence-corrected chi connectivity index (χ1v) is 8.82. The Balaban J connectivity index is 2.23. The number of hydrogen-bond acceptors (Lipinski definition) is 2. The molecule has 0 bridgehead atoms. The highest BCUT2D eigenvalue weighted by Gasteiger charge is 2.17. The number of halogens is 2. The van der Waals surface area contributed by atoms with Crippen molar-refractivity contribution in [2.24, 2.45) is 0 Å². The van der Waals surface area contributed by atoms with E-state index in [0.29, 0.717) is 16.1 Å². The SMILES string of the molecule is CCCNC(Cc1ccc(Cl)c(Cl)c1)c1sc(C)cc1C. The molecule has 21 heavy (non-hydrogen) atoms. The van der Waals surface area contributed by atoms with Crippen molar-refractivity contribution in [1.82, 2.24) is 5.32 Å². The fourth-order valence-electron chi connectivity index (χ4n) is 2.48. The van der Waals surface area contributed by atoms with Crippen LogP contribution < -0.4 is 5.32 Å². The Labute approximate surface area is 141 Å². The molecule has 114 valence electrons. The summed E-state index contributed by atoms with van der Waals surface area (Å²) in [6.45, 7) is 7.56. The molecule has 0 amide bonds. The topological polar surface area (TPSA) is 12.0 Å². The fraction of sp³-hybridized carbons (Fsp3) is 0.412. The van der Waals surface area contributed by atoms with E-state index >= 15 is 0 Å². The molecule has 2 rings (SSSR count). The van der Waals surface area contributed by atoms with E-state index in [9.17, 15) is 0 Å². The van der Waals surface area contributed by atoms with Gasteiger partial charge in [0, 0.05) is 15.8 Å². The molecule has 1 N–H and O–H groups in total. The minimum absolute atomic E-state index is 0.334. The number of nitrogens with one attached hydrogen (secondary N) is 1. The molecule has 0 aliphatic heterocycles. The van der Waals surface area contributed by atoms with Gasteiger partial charge < -0.3 is 5.32 Å². The lowest BCUT2D eigenvalue weighted by Crippen LogP contribution is -2.23. The smallest absolute Gasteiger partial charge is 0.0595 e. The van der Waals surface area contributed by atoms with E-state index in [-0.39, 0.29) is 0 Å². The van der Waals surface area contributed by atoms with E-state index in [1.807, 2.05) is 23.5 Å². The zero-order valence-electron chi connectivity index (χ0n) is 12.7. The van der Waals surface area contributed by atoms with E-state index in [2.05, 4.69) is 38.2 Å². The molecule has 1 heterocycles. The molecule has 2 aromatic rings. The van der Waals surface area contributed by atoms with Crippen LogP contribution in [0.1, 0.15) is 40.3 Å². The number of aryl methyl sites for hydroxylation is 2. The van der Waals surface area contributed by atoms with E-state index in [4.69, 9.17) is 23.2 Å². The number of thiophene rings is 1. The lowest BCUT2D eigenvalue weighted by Gasteiger charge is -2.19. The molecule has 1 nitrogen and oxygen atoms in total. The van der Waals surface area contributed by atoms with Crippen molar-refractivity contribution < 1.29 is 0 Å². The highest BCUT2D eigenvalue weighted by Crippen LogP contribution is 2.31. The van der Waals surface area contributed by atoms with Gasteiger partial charge in [-0.15, -0.1) is 11.3 Å². The molecule has 0 radical (unpaired) electrons. The molecule has 0 fully saturated rings. The second-order valence-electron chi connectivity index (χ2n) is 5.36. The quantitative estimate of drug-likeness (QED) is 0.683. The molecular weight excluding hydrogens is 321 g/mol. The largest absolute Gasteiger partial charge is 0.309 e. The predicted octanol–water partition coefficient (Wildman–Crippen LogP) is 5.96. The van der Waals surface area contributed by atoms with Gasteiger partial charge in [0.25, 0.3) is 0 Å². The third-order valence-electron chi connectivity index (χ3n) is 3.46. The van der Waals surface area contributed by atoms with Crippen LogP contribution in [-0.2, 0) is 6.42 Å². The van der Waals surface area contributed by atoms with E-state index in [1.165, 1.54) is 20.9 Å². The van der Waals surface area contributed by atoms with E-state index < -0.39 is 0 Å². The first-order valence-electron chi connectivity index (χ1n) is 7.25. The molecule has 1 aromatic carbocycles. The summed E-state index contributed by atoms with van der Waals surface area (Å²) in [4.78, 5) is 2.78. The van der Waals surface area contributed by atoms with Gasteiger partial charge in [0.05, 0.1) is 10.0 Å². The second-order valence-corrected chi connectivity index (χ2v) is 7.47. The third kappa shape index (κ3) is 4.46. The van der Waals surface area contributed by atoms with Crippen LogP contribution in [0.2, 0.25) is 10.0 Å². The normalized spacial score (nSPS) is 12.6. The van der Waals surface area contributed by atoms with E-state index in [1.54, 1.807) is 0 Å². The lowest BCUT2D eigenvalue weighted by atomic mass is 10.0. The van der Waals surface area contributed by atoms with Crippen LogP contribution in [0, 0.1) is 13.8 Å². The molecule has 0 saturated carbocycles. The Morgan fingerprint density at radius 3 is 2.48 bits per heavy atom. The van der Waals surface area contributed by atoms with Crippen molar-refractivity contribution in [3.05, 3.63) is 55.2 Å². The van der Waals surface area contributed by atoms with Gasteiger partial charge in [0.1, 0.15) is 0 Å². The fourth-order valence-corrected chi connectivity index (χ4v) is 3.92.